The van der Waals surface area contributed by atoms with Crippen LogP contribution < -0.4 is 5.56 Å². The number of rotatable bonds is 5. The lowest BCUT2D eigenvalue weighted by Crippen LogP contribution is -2.20. The van der Waals surface area contributed by atoms with Gasteiger partial charge in [0.25, 0.3) is 5.56 Å². The Kier molecular flexibility index (Phi) is 4.43. The fourth-order valence-electron chi connectivity index (χ4n) is 1.81. The van der Waals surface area contributed by atoms with Crippen LogP contribution in [-0.2, 0) is 9.53 Å². The van der Waals surface area contributed by atoms with Crippen molar-refractivity contribution in [1.29, 1.82) is 0 Å². The molecule has 7 nitrogen and oxygen atoms in total. The molecule has 20 heavy (non-hydrogen) atoms. The molecular formula is C12H16N4O3S. The first-order chi connectivity index (χ1) is 9.56. The van der Waals surface area contributed by atoms with Crippen molar-refractivity contribution in [1.82, 2.24) is 19.6 Å². The first-order valence-corrected chi connectivity index (χ1v) is 7.23. The van der Waals surface area contributed by atoms with Crippen molar-refractivity contribution in [3.05, 3.63) is 22.1 Å². The predicted octanol–water partition coefficient (Wildman–Crippen LogP) is 1.16. The van der Waals surface area contributed by atoms with Gasteiger partial charge in [0.2, 0.25) is 5.78 Å². The number of thioether (sulfide) groups is 1. The maximum Gasteiger partial charge on any atom is 0.319 e. The van der Waals surface area contributed by atoms with E-state index in [4.69, 9.17) is 4.74 Å². The van der Waals surface area contributed by atoms with Gasteiger partial charge < -0.3 is 4.74 Å². The van der Waals surface area contributed by atoms with E-state index in [1.165, 1.54) is 17.8 Å². The van der Waals surface area contributed by atoms with Gasteiger partial charge in [-0.3, -0.25) is 19.0 Å². The van der Waals surface area contributed by atoms with Gasteiger partial charge in [0.15, 0.2) is 5.16 Å². The summed E-state index contributed by atoms with van der Waals surface area (Å²) in [7, 11) is 0. The lowest BCUT2D eigenvalue weighted by atomic mass is 10.3. The Labute approximate surface area is 119 Å². The van der Waals surface area contributed by atoms with Gasteiger partial charge in [0.1, 0.15) is 5.25 Å². The molecule has 2 rings (SSSR count). The molecule has 0 fully saturated rings. The number of carbonyl (C=O) groups is 1. The first kappa shape index (κ1) is 14.6. The van der Waals surface area contributed by atoms with Crippen molar-refractivity contribution < 1.29 is 9.53 Å². The molecule has 0 saturated heterocycles. The molecule has 0 bridgehead atoms. The lowest BCUT2D eigenvalue weighted by molar-refractivity contribution is -0.142. The molecule has 108 valence electrons. The summed E-state index contributed by atoms with van der Waals surface area (Å²) in [6, 6.07) is 1.46. The monoisotopic (exact) mass is 296 g/mol. The third-order valence-corrected chi connectivity index (χ3v) is 4.01. The van der Waals surface area contributed by atoms with Crippen molar-refractivity contribution >= 4 is 23.5 Å². The molecular weight excluding hydrogens is 280 g/mol. The van der Waals surface area contributed by atoms with Crippen molar-refractivity contribution in [2.45, 2.75) is 37.6 Å². The molecule has 2 heterocycles. The number of aryl methyl sites for hydroxylation is 1. The van der Waals surface area contributed by atoms with Crippen LogP contribution >= 0.6 is 11.8 Å². The zero-order chi connectivity index (χ0) is 14.7. The normalized spacial score (nSPS) is 12.6. The highest BCUT2D eigenvalue weighted by molar-refractivity contribution is 8.00. The second-order valence-corrected chi connectivity index (χ2v) is 5.35. The minimum Gasteiger partial charge on any atom is -0.465 e. The van der Waals surface area contributed by atoms with Gasteiger partial charge in [-0.2, -0.15) is 0 Å². The molecule has 0 unspecified atom stereocenters. The van der Waals surface area contributed by atoms with E-state index in [1.54, 1.807) is 18.2 Å². The van der Waals surface area contributed by atoms with Crippen LogP contribution in [0.2, 0.25) is 0 Å². The summed E-state index contributed by atoms with van der Waals surface area (Å²) in [4.78, 5) is 25.8. The topological polar surface area (TPSA) is 89.3 Å². The van der Waals surface area contributed by atoms with Crippen molar-refractivity contribution in [2.24, 2.45) is 0 Å². The largest absolute Gasteiger partial charge is 0.465 e. The molecule has 0 aliphatic rings. The van der Waals surface area contributed by atoms with Crippen LogP contribution in [0.25, 0.3) is 5.78 Å². The highest BCUT2D eigenvalue weighted by Gasteiger charge is 2.22. The summed E-state index contributed by atoms with van der Waals surface area (Å²) >= 11 is 1.29. The van der Waals surface area contributed by atoms with Crippen LogP contribution in [-0.4, -0.2) is 37.4 Å². The average Bonchev–Trinajstić information content (AvgIpc) is 2.79. The number of esters is 1. The van der Waals surface area contributed by atoms with Crippen molar-refractivity contribution in [3.8, 4) is 0 Å². The standard InChI is InChI=1S/C12H16N4O3S/c1-4-8(10(18)19-5-2)20-12-15-14-11-13-9(17)6-7(3)16(11)12/h6,8H,4-5H2,1-3H3,(H,13,14,17)/t8-/m1/s1. The van der Waals surface area contributed by atoms with Crippen molar-refractivity contribution in [3.63, 3.8) is 0 Å². The van der Waals surface area contributed by atoms with E-state index >= 15 is 0 Å². The predicted molar refractivity (Wildman–Crippen MR) is 74.9 cm³/mol. The van der Waals surface area contributed by atoms with Gasteiger partial charge in [-0.1, -0.05) is 18.7 Å². The minimum atomic E-state index is -0.339. The summed E-state index contributed by atoms with van der Waals surface area (Å²) in [5.74, 6) is 0.107. The fourth-order valence-corrected chi connectivity index (χ4v) is 2.82. The number of hydrogen-bond donors (Lipinski definition) is 1. The van der Waals surface area contributed by atoms with E-state index < -0.39 is 0 Å². The molecule has 0 aliphatic heterocycles. The Morgan fingerprint density at radius 1 is 1.50 bits per heavy atom. The first-order valence-electron chi connectivity index (χ1n) is 6.35. The molecule has 0 amide bonds. The molecule has 0 saturated carbocycles. The van der Waals surface area contributed by atoms with E-state index in [0.29, 0.717) is 24.0 Å². The molecule has 0 aromatic carbocycles. The molecule has 0 spiro atoms. The van der Waals surface area contributed by atoms with Crippen LogP contribution in [0, 0.1) is 6.92 Å². The summed E-state index contributed by atoms with van der Waals surface area (Å²) in [5, 5.41) is 8.17. The maximum atomic E-state index is 11.8. The number of nitrogens with zero attached hydrogens (tertiary/aromatic N) is 3. The molecule has 2 aromatic heterocycles. The minimum absolute atomic E-state index is 0.226. The smallest absolute Gasteiger partial charge is 0.319 e. The van der Waals surface area contributed by atoms with Gasteiger partial charge in [0.05, 0.1) is 6.61 Å². The van der Waals surface area contributed by atoms with Crippen molar-refractivity contribution in [2.75, 3.05) is 6.61 Å². The van der Waals surface area contributed by atoms with E-state index in [2.05, 4.69) is 15.2 Å². The molecule has 1 atom stereocenters. The van der Waals surface area contributed by atoms with E-state index in [0.717, 1.165) is 5.69 Å². The molecule has 0 aliphatic carbocycles. The second-order valence-electron chi connectivity index (χ2n) is 4.18. The van der Waals surface area contributed by atoms with Gasteiger partial charge in [0, 0.05) is 11.8 Å². The zero-order valence-corrected chi connectivity index (χ0v) is 12.4. The Morgan fingerprint density at radius 3 is 2.90 bits per heavy atom. The Balaban J connectivity index is 2.34. The Morgan fingerprint density at radius 2 is 2.25 bits per heavy atom. The van der Waals surface area contributed by atoms with Gasteiger partial charge in [-0.25, -0.2) is 0 Å². The summed E-state index contributed by atoms with van der Waals surface area (Å²) < 4.78 is 6.75. The number of hydrogen-bond acceptors (Lipinski definition) is 6. The number of ether oxygens (including phenoxy) is 1. The third kappa shape index (κ3) is 2.84. The number of aromatic nitrogens is 4. The number of nitrogens with one attached hydrogen (secondary N) is 1. The summed E-state index contributed by atoms with van der Waals surface area (Å²) in [5.41, 5.74) is 0.492. The van der Waals surface area contributed by atoms with Crippen LogP contribution in [0.5, 0.6) is 0 Å². The SMILES string of the molecule is CCOC(=O)[C@@H](CC)Sc1nnc2[nH]c(=O)cc(C)n12. The van der Waals surface area contributed by atoms with E-state index in [9.17, 15) is 9.59 Å². The zero-order valence-electron chi connectivity index (χ0n) is 11.5. The molecule has 8 heteroatoms. The average molecular weight is 296 g/mol. The number of fused-ring (bicyclic) bond motifs is 1. The number of carbonyl (C=O) groups excluding carboxylic acids is 1. The molecule has 2 aromatic rings. The highest BCUT2D eigenvalue weighted by Crippen LogP contribution is 2.25. The van der Waals surface area contributed by atoms with Gasteiger partial charge >= 0.3 is 5.97 Å². The highest BCUT2D eigenvalue weighted by atomic mass is 32.2. The van der Waals surface area contributed by atoms with Gasteiger partial charge in [-0.05, 0) is 20.3 Å². The van der Waals surface area contributed by atoms with Gasteiger partial charge in [-0.15, -0.1) is 10.2 Å². The molecule has 1 N–H and O–H groups in total. The number of aromatic amines is 1. The summed E-state index contributed by atoms with van der Waals surface area (Å²) in [6.45, 7) is 5.83. The lowest BCUT2D eigenvalue weighted by Gasteiger charge is -2.12. The van der Waals surface area contributed by atoms with Crippen LogP contribution in [0.3, 0.4) is 0 Å². The van der Waals surface area contributed by atoms with E-state index in [-0.39, 0.29) is 16.8 Å². The molecule has 0 radical (unpaired) electrons. The van der Waals surface area contributed by atoms with E-state index in [1.807, 2.05) is 6.92 Å². The summed E-state index contributed by atoms with van der Waals surface area (Å²) in [6.07, 6.45) is 0.626. The Hall–Kier alpha value is -1.83. The fraction of sp³-hybridized carbons (Fsp3) is 0.500. The van der Waals surface area contributed by atoms with Crippen LogP contribution in [0.4, 0.5) is 0 Å². The van der Waals surface area contributed by atoms with Crippen LogP contribution in [0.15, 0.2) is 16.0 Å². The van der Waals surface area contributed by atoms with Crippen LogP contribution in [0.1, 0.15) is 26.0 Å². The quantitative estimate of drug-likeness (QED) is 0.658. The Bertz CT molecular complexity index is 679. The second kappa shape index (κ2) is 6.08. The number of H-pyrrole nitrogens is 1. The third-order valence-electron chi connectivity index (χ3n) is 2.73. The maximum absolute atomic E-state index is 11.8.